The summed E-state index contributed by atoms with van der Waals surface area (Å²) >= 11 is 0. The number of ketones is 1. The lowest BCUT2D eigenvalue weighted by Gasteiger charge is -2.36. The van der Waals surface area contributed by atoms with E-state index in [1.807, 2.05) is 24.3 Å². The van der Waals surface area contributed by atoms with Crippen molar-refractivity contribution in [2.24, 2.45) is 5.92 Å². The maximum atomic E-state index is 13.4. The van der Waals surface area contributed by atoms with Crippen molar-refractivity contribution in [3.63, 3.8) is 0 Å². The minimum Gasteiger partial charge on any atom is -0.326 e. The molecule has 29 heavy (non-hydrogen) atoms. The van der Waals surface area contributed by atoms with Gasteiger partial charge in [-0.25, -0.2) is 0 Å². The van der Waals surface area contributed by atoms with Crippen molar-refractivity contribution in [1.82, 2.24) is 4.90 Å². The van der Waals surface area contributed by atoms with E-state index >= 15 is 0 Å². The Balaban J connectivity index is 1.54. The molecular weight excluding hydrogens is 366 g/mol. The number of benzene rings is 2. The van der Waals surface area contributed by atoms with Gasteiger partial charge in [-0.15, -0.1) is 0 Å². The highest BCUT2D eigenvalue weighted by molar-refractivity contribution is 6.10. The molecule has 148 valence electrons. The van der Waals surface area contributed by atoms with Crippen LogP contribution in [0.25, 0.3) is 0 Å². The number of para-hydroxylation sites is 1. The molecule has 6 heteroatoms. The predicted octanol–water partition coefficient (Wildman–Crippen LogP) is 3.16. The minimum absolute atomic E-state index is 0.0526. The van der Waals surface area contributed by atoms with E-state index in [9.17, 15) is 14.4 Å². The Morgan fingerprint density at radius 2 is 2.00 bits per heavy atom. The van der Waals surface area contributed by atoms with Crippen LogP contribution in [0.15, 0.2) is 48.5 Å². The SMILES string of the molecule is CC(=O)c1cccc(NC(=O)C2CC3CCCN3C23C(=O)Nc2ccccc23)c1. The second kappa shape index (κ2) is 6.52. The maximum absolute atomic E-state index is 13.4. The van der Waals surface area contributed by atoms with Crippen LogP contribution in [0.4, 0.5) is 11.4 Å². The molecule has 3 unspecified atom stereocenters. The number of fused-ring (bicyclic) bond motifs is 4. The van der Waals surface area contributed by atoms with Crippen LogP contribution in [0.2, 0.25) is 0 Å². The Kier molecular flexibility index (Phi) is 4.06. The van der Waals surface area contributed by atoms with Gasteiger partial charge in [-0.2, -0.15) is 0 Å². The van der Waals surface area contributed by atoms with Gasteiger partial charge in [0.15, 0.2) is 5.78 Å². The summed E-state index contributed by atoms with van der Waals surface area (Å²) in [5.74, 6) is -0.826. The molecule has 0 aliphatic carbocycles. The van der Waals surface area contributed by atoms with Gasteiger partial charge in [0.2, 0.25) is 11.8 Å². The fraction of sp³-hybridized carbons (Fsp3) is 0.348. The number of nitrogens with zero attached hydrogens (tertiary/aromatic N) is 1. The minimum atomic E-state index is -0.958. The topological polar surface area (TPSA) is 78.5 Å². The smallest absolute Gasteiger partial charge is 0.250 e. The molecule has 2 N–H and O–H groups in total. The number of nitrogens with one attached hydrogen (secondary N) is 2. The molecule has 0 saturated carbocycles. The van der Waals surface area contributed by atoms with E-state index in [1.165, 1.54) is 6.92 Å². The van der Waals surface area contributed by atoms with Gasteiger partial charge in [0.25, 0.3) is 0 Å². The van der Waals surface area contributed by atoms with Crippen molar-refractivity contribution in [2.75, 3.05) is 17.2 Å². The molecule has 2 saturated heterocycles. The molecule has 3 atom stereocenters. The largest absolute Gasteiger partial charge is 0.326 e. The monoisotopic (exact) mass is 389 g/mol. The first kappa shape index (κ1) is 18.1. The highest BCUT2D eigenvalue weighted by atomic mass is 16.2. The highest BCUT2D eigenvalue weighted by Gasteiger charge is 2.65. The van der Waals surface area contributed by atoms with Crippen LogP contribution in [0.1, 0.15) is 42.1 Å². The molecule has 5 rings (SSSR count). The number of carbonyl (C=O) groups excluding carboxylic acids is 3. The van der Waals surface area contributed by atoms with Crippen molar-refractivity contribution in [3.8, 4) is 0 Å². The van der Waals surface area contributed by atoms with E-state index in [2.05, 4.69) is 15.5 Å². The summed E-state index contributed by atoms with van der Waals surface area (Å²) < 4.78 is 0. The molecule has 3 aliphatic heterocycles. The zero-order chi connectivity index (χ0) is 20.2. The van der Waals surface area contributed by atoms with Gasteiger partial charge < -0.3 is 10.6 Å². The molecule has 2 aromatic rings. The third-order valence-corrected chi connectivity index (χ3v) is 6.63. The third-order valence-electron chi connectivity index (χ3n) is 6.63. The van der Waals surface area contributed by atoms with Crippen molar-refractivity contribution < 1.29 is 14.4 Å². The summed E-state index contributed by atoms with van der Waals surface area (Å²) in [7, 11) is 0. The molecule has 2 fully saturated rings. The van der Waals surface area contributed by atoms with E-state index in [0.717, 1.165) is 30.6 Å². The van der Waals surface area contributed by atoms with Crippen molar-refractivity contribution in [3.05, 3.63) is 59.7 Å². The first-order valence-electron chi connectivity index (χ1n) is 10.1. The second-order valence-corrected chi connectivity index (χ2v) is 8.17. The molecule has 1 spiro atoms. The van der Waals surface area contributed by atoms with E-state index in [0.29, 0.717) is 17.7 Å². The Morgan fingerprint density at radius 3 is 2.83 bits per heavy atom. The van der Waals surface area contributed by atoms with Crippen LogP contribution in [-0.4, -0.2) is 35.1 Å². The van der Waals surface area contributed by atoms with Crippen molar-refractivity contribution >= 4 is 29.0 Å². The average Bonchev–Trinajstić information content (AvgIpc) is 3.36. The molecule has 0 aromatic heterocycles. The van der Waals surface area contributed by atoms with E-state index in [4.69, 9.17) is 0 Å². The van der Waals surface area contributed by atoms with Crippen LogP contribution in [0, 0.1) is 5.92 Å². The normalized spacial score (nSPS) is 27.6. The Labute approximate surface area is 169 Å². The molecule has 6 nitrogen and oxygen atoms in total. The van der Waals surface area contributed by atoms with E-state index in [1.54, 1.807) is 24.3 Å². The van der Waals surface area contributed by atoms with Gasteiger partial charge in [-0.05, 0) is 50.9 Å². The fourth-order valence-electron chi connectivity index (χ4n) is 5.43. The molecule has 0 radical (unpaired) electrons. The quantitative estimate of drug-likeness (QED) is 0.791. The third kappa shape index (κ3) is 2.55. The maximum Gasteiger partial charge on any atom is 0.250 e. The molecule has 2 amide bonds. The van der Waals surface area contributed by atoms with Crippen molar-refractivity contribution in [1.29, 1.82) is 0 Å². The fourth-order valence-corrected chi connectivity index (χ4v) is 5.43. The lowest BCUT2D eigenvalue weighted by Crippen LogP contribution is -2.53. The number of hydrogen-bond acceptors (Lipinski definition) is 4. The second-order valence-electron chi connectivity index (χ2n) is 8.17. The summed E-state index contributed by atoms with van der Waals surface area (Å²) in [5.41, 5.74) is 1.86. The van der Waals surface area contributed by atoms with Crippen LogP contribution >= 0.6 is 0 Å². The molecule has 3 aliphatic rings. The summed E-state index contributed by atoms with van der Waals surface area (Å²) in [6.45, 7) is 2.32. The van der Waals surface area contributed by atoms with Crippen LogP contribution in [0.3, 0.4) is 0 Å². The Morgan fingerprint density at radius 1 is 1.17 bits per heavy atom. The number of carbonyl (C=O) groups is 3. The lowest BCUT2D eigenvalue weighted by atomic mass is 9.78. The van der Waals surface area contributed by atoms with E-state index < -0.39 is 11.5 Å². The summed E-state index contributed by atoms with van der Waals surface area (Å²) in [5, 5.41) is 5.98. The van der Waals surface area contributed by atoms with Gasteiger partial charge in [0.1, 0.15) is 5.54 Å². The molecule has 0 bridgehead atoms. The number of Topliss-reactive ketones (excluding diaryl/α,β-unsaturated/α-hetero) is 1. The van der Waals surface area contributed by atoms with Crippen LogP contribution < -0.4 is 10.6 Å². The molecule has 2 aromatic carbocycles. The molecular formula is C23H23N3O3. The summed E-state index contributed by atoms with van der Waals surface area (Å²) in [4.78, 5) is 40.7. The zero-order valence-corrected chi connectivity index (χ0v) is 16.3. The van der Waals surface area contributed by atoms with Gasteiger partial charge in [-0.3, -0.25) is 19.3 Å². The van der Waals surface area contributed by atoms with Gasteiger partial charge in [-0.1, -0.05) is 30.3 Å². The first-order chi connectivity index (χ1) is 14.0. The standard InChI is InChI=1S/C23H23N3O3/c1-14(27)15-6-4-7-16(12-15)24-21(28)19-13-17-8-5-11-26(17)23(19)18-9-2-3-10-20(18)25-22(23)29/h2-4,6-7,9-10,12,17,19H,5,8,11,13H2,1H3,(H,24,28)(H,25,29). The number of amides is 2. The van der Waals surface area contributed by atoms with Crippen LogP contribution in [0.5, 0.6) is 0 Å². The first-order valence-corrected chi connectivity index (χ1v) is 10.1. The van der Waals surface area contributed by atoms with Gasteiger partial charge in [0.05, 0.1) is 5.92 Å². The Hall–Kier alpha value is -2.99. The Bertz CT molecular complexity index is 1030. The number of anilines is 2. The zero-order valence-electron chi connectivity index (χ0n) is 16.3. The summed E-state index contributed by atoms with van der Waals surface area (Å²) in [6, 6.07) is 14.9. The highest BCUT2D eigenvalue weighted by Crippen LogP contribution is 2.55. The van der Waals surface area contributed by atoms with E-state index in [-0.39, 0.29) is 23.6 Å². The molecule has 3 heterocycles. The van der Waals surface area contributed by atoms with Crippen LogP contribution in [-0.2, 0) is 15.1 Å². The van der Waals surface area contributed by atoms with Crippen molar-refractivity contribution in [2.45, 2.75) is 37.8 Å². The summed E-state index contributed by atoms with van der Waals surface area (Å²) in [6.07, 6.45) is 2.69. The van der Waals surface area contributed by atoms with Gasteiger partial charge in [0, 0.05) is 28.5 Å². The predicted molar refractivity (Wildman–Crippen MR) is 110 cm³/mol. The lowest BCUT2D eigenvalue weighted by molar-refractivity contribution is -0.135. The average molecular weight is 389 g/mol. The number of hydrogen-bond donors (Lipinski definition) is 2. The number of rotatable bonds is 3. The van der Waals surface area contributed by atoms with Gasteiger partial charge >= 0.3 is 0 Å².